The minimum atomic E-state index is -5.08. The van der Waals surface area contributed by atoms with E-state index < -0.39 is 12.1 Å². The standard InChI is InChI=1S/C16H18N2OS.C2HF3O2/c17-14(11-20)10-18-15-8-4-7-13(9-15)16(19)12-5-2-1-3-6-12;3-2(4,5)1(6)7/h1-9,14,18,20H,10-11,17H2;(H,6,7)/t14-;/m1./s1. The van der Waals surface area contributed by atoms with Crippen molar-refractivity contribution >= 4 is 30.1 Å². The summed E-state index contributed by atoms with van der Waals surface area (Å²) >= 11 is 4.14. The Hall–Kier alpha value is -2.52. The number of ketones is 1. The topological polar surface area (TPSA) is 92.4 Å². The first-order valence-corrected chi connectivity index (χ1v) is 8.38. The van der Waals surface area contributed by atoms with Gasteiger partial charge in [0.25, 0.3) is 0 Å². The molecule has 0 aliphatic carbocycles. The van der Waals surface area contributed by atoms with E-state index in [4.69, 9.17) is 15.6 Å². The smallest absolute Gasteiger partial charge is 0.475 e. The molecule has 27 heavy (non-hydrogen) atoms. The number of halogens is 3. The zero-order chi connectivity index (χ0) is 20.4. The highest BCUT2D eigenvalue weighted by Gasteiger charge is 2.38. The number of alkyl halides is 3. The van der Waals surface area contributed by atoms with E-state index in [0.29, 0.717) is 23.4 Å². The summed E-state index contributed by atoms with van der Waals surface area (Å²) in [5.41, 5.74) is 8.06. The van der Waals surface area contributed by atoms with Gasteiger partial charge in [-0.05, 0) is 12.1 Å². The Labute approximate surface area is 159 Å². The summed E-state index contributed by atoms with van der Waals surface area (Å²) in [7, 11) is 0. The molecule has 0 heterocycles. The Bertz CT molecular complexity index is 755. The highest BCUT2D eigenvalue weighted by molar-refractivity contribution is 7.80. The first-order chi connectivity index (χ1) is 12.6. The summed E-state index contributed by atoms with van der Waals surface area (Å²) in [5, 5.41) is 10.3. The molecule has 2 aromatic rings. The fraction of sp³-hybridized carbons (Fsp3) is 0.222. The molecule has 0 aliphatic rings. The number of anilines is 1. The Morgan fingerprint density at radius 3 is 2.15 bits per heavy atom. The van der Waals surface area contributed by atoms with Gasteiger partial charge in [-0.3, -0.25) is 4.79 Å². The molecule has 146 valence electrons. The van der Waals surface area contributed by atoms with Crippen LogP contribution in [0.3, 0.4) is 0 Å². The maximum atomic E-state index is 12.3. The van der Waals surface area contributed by atoms with E-state index in [1.807, 2.05) is 54.6 Å². The molecule has 0 saturated heterocycles. The molecule has 2 aromatic carbocycles. The summed E-state index contributed by atoms with van der Waals surface area (Å²) in [6, 6.07) is 16.7. The van der Waals surface area contributed by atoms with Crippen LogP contribution in [0.1, 0.15) is 15.9 Å². The van der Waals surface area contributed by atoms with E-state index >= 15 is 0 Å². The van der Waals surface area contributed by atoms with Gasteiger partial charge in [0.2, 0.25) is 0 Å². The van der Waals surface area contributed by atoms with E-state index in [1.54, 1.807) is 0 Å². The summed E-state index contributed by atoms with van der Waals surface area (Å²) < 4.78 is 31.7. The summed E-state index contributed by atoms with van der Waals surface area (Å²) in [4.78, 5) is 21.2. The minimum absolute atomic E-state index is 0.00758. The third kappa shape index (κ3) is 8.14. The van der Waals surface area contributed by atoms with Crippen molar-refractivity contribution in [2.75, 3.05) is 17.6 Å². The third-order valence-corrected chi connectivity index (χ3v) is 3.68. The van der Waals surface area contributed by atoms with Gasteiger partial charge in [-0.2, -0.15) is 25.8 Å². The van der Waals surface area contributed by atoms with Crippen LogP contribution < -0.4 is 11.1 Å². The molecule has 0 unspecified atom stereocenters. The average Bonchev–Trinajstić information content (AvgIpc) is 2.66. The molecule has 0 spiro atoms. The number of nitrogens with two attached hydrogens (primary N) is 1. The lowest BCUT2D eigenvalue weighted by atomic mass is 10.0. The zero-order valence-corrected chi connectivity index (χ0v) is 15.0. The largest absolute Gasteiger partial charge is 0.490 e. The fourth-order valence-corrected chi connectivity index (χ4v) is 1.97. The van der Waals surface area contributed by atoms with Crippen LogP contribution in [0.5, 0.6) is 0 Å². The molecule has 0 bridgehead atoms. The molecular weight excluding hydrogens is 381 g/mol. The van der Waals surface area contributed by atoms with Crippen LogP contribution in [0.4, 0.5) is 18.9 Å². The van der Waals surface area contributed by atoms with E-state index in [9.17, 15) is 18.0 Å². The highest BCUT2D eigenvalue weighted by atomic mass is 32.1. The number of carbonyl (C=O) groups excluding carboxylic acids is 1. The van der Waals surface area contributed by atoms with Crippen LogP contribution in [-0.2, 0) is 4.79 Å². The van der Waals surface area contributed by atoms with Gasteiger partial charge in [0.15, 0.2) is 5.78 Å². The minimum Gasteiger partial charge on any atom is -0.475 e. The molecule has 5 nitrogen and oxygen atoms in total. The van der Waals surface area contributed by atoms with E-state index in [0.717, 1.165) is 5.69 Å². The van der Waals surface area contributed by atoms with Crippen molar-refractivity contribution in [2.24, 2.45) is 5.73 Å². The van der Waals surface area contributed by atoms with Crippen LogP contribution in [0.2, 0.25) is 0 Å². The number of hydrogen-bond donors (Lipinski definition) is 4. The molecule has 0 aromatic heterocycles. The van der Waals surface area contributed by atoms with Gasteiger partial charge in [-0.25, -0.2) is 4.79 Å². The normalized spacial score (nSPS) is 11.7. The molecule has 1 atom stereocenters. The zero-order valence-electron chi connectivity index (χ0n) is 14.1. The maximum Gasteiger partial charge on any atom is 0.490 e. The number of carboxylic acids is 1. The van der Waals surface area contributed by atoms with Gasteiger partial charge in [0, 0.05) is 35.2 Å². The van der Waals surface area contributed by atoms with Crippen molar-refractivity contribution in [3.05, 3.63) is 65.7 Å². The number of rotatable bonds is 6. The summed E-state index contributed by atoms with van der Waals surface area (Å²) in [5.74, 6) is -2.12. The monoisotopic (exact) mass is 400 g/mol. The Kier molecular flexibility index (Phi) is 8.83. The number of benzene rings is 2. The van der Waals surface area contributed by atoms with Gasteiger partial charge in [-0.1, -0.05) is 42.5 Å². The van der Waals surface area contributed by atoms with E-state index in [1.165, 1.54) is 0 Å². The second-order valence-corrected chi connectivity index (χ2v) is 5.77. The Morgan fingerprint density at radius 2 is 1.63 bits per heavy atom. The van der Waals surface area contributed by atoms with E-state index in [-0.39, 0.29) is 11.8 Å². The number of carbonyl (C=O) groups is 2. The molecule has 9 heteroatoms. The van der Waals surface area contributed by atoms with Gasteiger partial charge < -0.3 is 16.2 Å². The van der Waals surface area contributed by atoms with Gasteiger partial charge in [0.05, 0.1) is 0 Å². The van der Waals surface area contributed by atoms with Crippen molar-refractivity contribution in [2.45, 2.75) is 12.2 Å². The second-order valence-electron chi connectivity index (χ2n) is 5.40. The number of thiol groups is 1. The lowest BCUT2D eigenvalue weighted by Gasteiger charge is -2.12. The SMILES string of the molecule is N[C@@H](CS)CNc1cccc(C(=O)c2ccccc2)c1.O=C(O)C(F)(F)F. The summed E-state index contributed by atoms with van der Waals surface area (Å²) in [6.07, 6.45) is -5.08. The van der Waals surface area contributed by atoms with Crippen LogP contribution >= 0.6 is 12.6 Å². The molecule has 0 amide bonds. The predicted molar refractivity (Wildman–Crippen MR) is 100 cm³/mol. The van der Waals surface area contributed by atoms with Crippen molar-refractivity contribution in [3.63, 3.8) is 0 Å². The summed E-state index contributed by atoms with van der Waals surface area (Å²) in [6.45, 7) is 0.631. The first kappa shape index (κ1) is 22.5. The number of carboxylic acid groups (broad SMARTS) is 1. The van der Waals surface area contributed by atoms with Crippen LogP contribution in [-0.4, -0.2) is 41.4 Å². The molecule has 0 aliphatic heterocycles. The van der Waals surface area contributed by atoms with Crippen LogP contribution in [0.25, 0.3) is 0 Å². The molecule has 0 radical (unpaired) electrons. The van der Waals surface area contributed by atoms with Crippen molar-refractivity contribution < 1.29 is 27.9 Å². The van der Waals surface area contributed by atoms with Crippen LogP contribution in [0, 0.1) is 0 Å². The molecule has 0 saturated carbocycles. The lowest BCUT2D eigenvalue weighted by molar-refractivity contribution is -0.192. The fourth-order valence-electron chi connectivity index (χ4n) is 1.84. The molecule has 4 N–H and O–H groups in total. The average molecular weight is 400 g/mol. The Morgan fingerprint density at radius 1 is 1.07 bits per heavy atom. The van der Waals surface area contributed by atoms with Gasteiger partial charge >= 0.3 is 12.1 Å². The van der Waals surface area contributed by atoms with Crippen molar-refractivity contribution in [1.82, 2.24) is 0 Å². The Balaban J connectivity index is 0.000000445. The molecule has 2 rings (SSSR count). The quantitative estimate of drug-likeness (QED) is 0.441. The van der Waals surface area contributed by atoms with Gasteiger partial charge in [-0.15, -0.1) is 0 Å². The second kappa shape index (κ2) is 10.6. The third-order valence-electron chi connectivity index (χ3n) is 3.21. The molecular formula is C18H19F3N2O3S. The predicted octanol–water partition coefficient (Wildman–Crippen LogP) is 3.22. The maximum absolute atomic E-state index is 12.3. The lowest BCUT2D eigenvalue weighted by Crippen LogP contribution is -2.30. The van der Waals surface area contributed by atoms with Crippen molar-refractivity contribution in [3.8, 4) is 0 Å². The number of nitrogens with one attached hydrogen (secondary N) is 1. The number of hydrogen-bond acceptors (Lipinski definition) is 5. The van der Waals surface area contributed by atoms with E-state index in [2.05, 4.69) is 17.9 Å². The van der Waals surface area contributed by atoms with Crippen LogP contribution in [0.15, 0.2) is 54.6 Å². The van der Waals surface area contributed by atoms with Gasteiger partial charge in [0.1, 0.15) is 0 Å². The highest BCUT2D eigenvalue weighted by Crippen LogP contribution is 2.15. The number of aliphatic carboxylic acids is 1. The molecule has 0 fully saturated rings. The van der Waals surface area contributed by atoms with Crippen molar-refractivity contribution in [1.29, 1.82) is 0 Å². The first-order valence-electron chi connectivity index (χ1n) is 7.75.